The zero-order valence-corrected chi connectivity index (χ0v) is 9.04. The Balaban J connectivity index is 3.07. The van der Waals surface area contributed by atoms with Gasteiger partial charge in [-0.05, 0) is 31.0 Å². The number of carboxylic acid groups (broad SMARTS) is 1. The number of carboxylic acids is 1. The molecule has 0 radical (unpaired) electrons. The van der Waals surface area contributed by atoms with Crippen molar-refractivity contribution in [3.63, 3.8) is 0 Å². The van der Waals surface area contributed by atoms with Crippen molar-refractivity contribution in [3.05, 3.63) is 35.4 Å². The van der Waals surface area contributed by atoms with Gasteiger partial charge in [0, 0.05) is 0 Å². The van der Waals surface area contributed by atoms with Crippen LogP contribution in [0.1, 0.15) is 12.5 Å². The number of amides is 1. The summed E-state index contributed by atoms with van der Waals surface area (Å²) in [4.78, 5) is 22.0. The van der Waals surface area contributed by atoms with E-state index >= 15 is 0 Å². The average molecular weight is 243 g/mol. The Labute approximate surface area is 96.0 Å². The second-order valence-corrected chi connectivity index (χ2v) is 3.93. The number of nitrogens with two attached hydrogens (primary N) is 1. The number of carbonyl (C=O) groups is 2. The number of carbonyl (C=O) groups excluding carboxylic acids is 1. The van der Waals surface area contributed by atoms with E-state index in [1.807, 2.05) is 0 Å². The molecule has 0 bridgehead atoms. The van der Waals surface area contributed by atoms with Crippen LogP contribution in [0.3, 0.4) is 0 Å². The molecule has 0 heterocycles. The maximum absolute atomic E-state index is 12.9. The summed E-state index contributed by atoms with van der Waals surface area (Å²) < 4.78 is 25.6. The smallest absolute Gasteiger partial charge is 0.319 e. The van der Waals surface area contributed by atoms with E-state index in [0.717, 1.165) is 19.1 Å². The minimum absolute atomic E-state index is 0.188. The summed E-state index contributed by atoms with van der Waals surface area (Å²) in [5.41, 5.74) is 3.34. The zero-order chi connectivity index (χ0) is 13.2. The fraction of sp³-hybridized carbons (Fsp3) is 0.273. The van der Waals surface area contributed by atoms with Crippen LogP contribution >= 0.6 is 0 Å². The molecule has 0 saturated carbocycles. The molecule has 1 unspecified atom stereocenters. The van der Waals surface area contributed by atoms with E-state index in [2.05, 4.69) is 0 Å². The van der Waals surface area contributed by atoms with E-state index < -0.39 is 28.9 Å². The fourth-order valence-electron chi connectivity index (χ4n) is 1.33. The standard InChI is InChI=1S/C11H11F2NO3/c1-11(9(14)15,10(16)17)5-6-2-3-7(12)8(13)4-6/h2-4H,5H2,1H3,(H2,14,15)(H,16,17). The molecule has 4 nitrogen and oxygen atoms in total. The van der Waals surface area contributed by atoms with E-state index in [4.69, 9.17) is 10.8 Å². The number of hydrogen-bond acceptors (Lipinski definition) is 2. The first-order valence-corrected chi connectivity index (χ1v) is 4.74. The van der Waals surface area contributed by atoms with E-state index in [1.54, 1.807) is 0 Å². The fourth-order valence-corrected chi connectivity index (χ4v) is 1.33. The lowest BCUT2D eigenvalue weighted by Gasteiger charge is -2.20. The predicted octanol–water partition coefficient (Wildman–Crippen LogP) is 1.08. The van der Waals surface area contributed by atoms with Crippen LogP contribution in [0.2, 0.25) is 0 Å². The number of hydrogen-bond donors (Lipinski definition) is 2. The lowest BCUT2D eigenvalue weighted by atomic mass is 9.83. The highest BCUT2D eigenvalue weighted by atomic mass is 19.2. The van der Waals surface area contributed by atoms with Gasteiger partial charge in [-0.25, -0.2) is 8.78 Å². The molecular formula is C11H11F2NO3. The van der Waals surface area contributed by atoms with Gasteiger partial charge < -0.3 is 10.8 Å². The highest BCUT2D eigenvalue weighted by Gasteiger charge is 2.39. The molecule has 0 aliphatic carbocycles. The zero-order valence-electron chi connectivity index (χ0n) is 9.04. The molecular weight excluding hydrogens is 232 g/mol. The third-order valence-corrected chi connectivity index (χ3v) is 2.56. The third kappa shape index (κ3) is 2.58. The molecule has 0 fully saturated rings. The summed E-state index contributed by atoms with van der Waals surface area (Å²) in [7, 11) is 0. The Bertz CT molecular complexity index is 460. The van der Waals surface area contributed by atoms with Crippen LogP contribution in [0.5, 0.6) is 0 Å². The van der Waals surface area contributed by atoms with Crippen molar-refractivity contribution in [2.75, 3.05) is 0 Å². The molecule has 17 heavy (non-hydrogen) atoms. The first-order chi connectivity index (χ1) is 7.77. The first kappa shape index (κ1) is 13.1. The summed E-state index contributed by atoms with van der Waals surface area (Å²) in [6, 6.07) is 2.93. The lowest BCUT2D eigenvalue weighted by Crippen LogP contribution is -2.43. The molecule has 1 rings (SSSR count). The Morgan fingerprint density at radius 3 is 2.35 bits per heavy atom. The average Bonchev–Trinajstić information content (AvgIpc) is 2.22. The normalized spacial score (nSPS) is 14.1. The number of aliphatic carboxylic acids is 1. The van der Waals surface area contributed by atoms with Crippen LogP contribution in [-0.2, 0) is 16.0 Å². The maximum atomic E-state index is 12.9. The van der Waals surface area contributed by atoms with Gasteiger partial charge in [-0.2, -0.15) is 0 Å². The van der Waals surface area contributed by atoms with Crippen LogP contribution in [0.4, 0.5) is 8.78 Å². The summed E-state index contributed by atoms with van der Waals surface area (Å²) in [5, 5.41) is 8.92. The van der Waals surface area contributed by atoms with E-state index in [-0.39, 0.29) is 12.0 Å². The molecule has 1 atom stereocenters. The topological polar surface area (TPSA) is 80.4 Å². The van der Waals surface area contributed by atoms with Crippen molar-refractivity contribution in [1.82, 2.24) is 0 Å². The summed E-state index contributed by atoms with van der Waals surface area (Å²) in [6.07, 6.45) is -0.297. The van der Waals surface area contributed by atoms with Crippen molar-refractivity contribution >= 4 is 11.9 Å². The van der Waals surface area contributed by atoms with E-state index in [1.165, 1.54) is 6.07 Å². The monoisotopic (exact) mass is 243 g/mol. The molecule has 1 aromatic rings. The first-order valence-electron chi connectivity index (χ1n) is 4.74. The maximum Gasteiger partial charge on any atom is 0.319 e. The molecule has 0 aromatic heterocycles. The predicted molar refractivity (Wildman–Crippen MR) is 55.0 cm³/mol. The molecule has 92 valence electrons. The Morgan fingerprint density at radius 1 is 1.35 bits per heavy atom. The van der Waals surface area contributed by atoms with Gasteiger partial charge in [0.15, 0.2) is 11.6 Å². The molecule has 1 aromatic carbocycles. The Hall–Kier alpha value is -1.98. The molecule has 3 N–H and O–H groups in total. The van der Waals surface area contributed by atoms with Gasteiger partial charge in [0.1, 0.15) is 5.41 Å². The summed E-state index contributed by atoms with van der Waals surface area (Å²) in [5.74, 6) is -4.57. The van der Waals surface area contributed by atoms with Crippen LogP contribution < -0.4 is 5.73 Å². The van der Waals surface area contributed by atoms with Crippen molar-refractivity contribution in [3.8, 4) is 0 Å². The molecule has 0 aliphatic rings. The SMILES string of the molecule is CC(Cc1ccc(F)c(F)c1)(C(N)=O)C(=O)O. The number of benzene rings is 1. The van der Waals surface area contributed by atoms with Crippen LogP contribution in [-0.4, -0.2) is 17.0 Å². The van der Waals surface area contributed by atoms with Gasteiger partial charge in [-0.1, -0.05) is 6.07 Å². The second-order valence-electron chi connectivity index (χ2n) is 3.93. The van der Waals surface area contributed by atoms with Crippen molar-refractivity contribution in [2.45, 2.75) is 13.3 Å². The van der Waals surface area contributed by atoms with Gasteiger partial charge in [-0.15, -0.1) is 0 Å². The molecule has 1 amide bonds. The van der Waals surface area contributed by atoms with E-state index in [0.29, 0.717) is 0 Å². The minimum atomic E-state index is -1.84. The van der Waals surface area contributed by atoms with Crippen LogP contribution in [0, 0.1) is 17.0 Å². The van der Waals surface area contributed by atoms with Crippen molar-refractivity contribution in [2.24, 2.45) is 11.1 Å². The number of rotatable bonds is 4. The van der Waals surface area contributed by atoms with Crippen molar-refractivity contribution in [1.29, 1.82) is 0 Å². The Morgan fingerprint density at radius 2 is 1.94 bits per heavy atom. The van der Waals surface area contributed by atoms with Crippen LogP contribution in [0.15, 0.2) is 18.2 Å². The van der Waals surface area contributed by atoms with Crippen molar-refractivity contribution < 1.29 is 23.5 Å². The largest absolute Gasteiger partial charge is 0.480 e. The molecule has 6 heteroatoms. The van der Waals surface area contributed by atoms with Crippen LogP contribution in [0.25, 0.3) is 0 Å². The number of primary amides is 1. The number of halogens is 2. The summed E-state index contributed by atoms with van der Waals surface area (Å²) in [6.45, 7) is 1.14. The quantitative estimate of drug-likeness (QED) is 0.776. The van der Waals surface area contributed by atoms with Gasteiger partial charge in [0.05, 0.1) is 0 Å². The van der Waals surface area contributed by atoms with E-state index in [9.17, 15) is 18.4 Å². The Kier molecular flexibility index (Phi) is 3.45. The van der Waals surface area contributed by atoms with Gasteiger partial charge in [-0.3, -0.25) is 9.59 Å². The molecule has 0 aliphatic heterocycles. The van der Waals surface area contributed by atoms with Gasteiger partial charge in [0.2, 0.25) is 5.91 Å². The van der Waals surface area contributed by atoms with Gasteiger partial charge in [0.25, 0.3) is 0 Å². The third-order valence-electron chi connectivity index (χ3n) is 2.56. The highest BCUT2D eigenvalue weighted by Crippen LogP contribution is 2.23. The second kappa shape index (κ2) is 4.48. The molecule has 0 saturated heterocycles. The molecule has 0 spiro atoms. The minimum Gasteiger partial charge on any atom is -0.480 e. The highest BCUT2D eigenvalue weighted by molar-refractivity contribution is 6.00. The lowest BCUT2D eigenvalue weighted by molar-refractivity contribution is -0.153. The summed E-state index contributed by atoms with van der Waals surface area (Å²) >= 11 is 0. The van der Waals surface area contributed by atoms with Gasteiger partial charge >= 0.3 is 5.97 Å².